The summed E-state index contributed by atoms with van der Waals surface area (Å²) >= 11 is 0. The molecule has 0 fully saturated rings. The number of methoxy groups -OCH3 is 1. The largest absolute Gasteiger partial charge is 0.497 e. The second-order valence-corrected chi connectivity index (χ2v) is 4.51. The Morgan fingerprint density at radius 3 is 2.15 bits per heavy atom. The van der Waals surface area contributed by atoms with Crippen LogP contribution in [0, 0.1) is 24.4 Å². The Bertz CT molecular complexity index is 620. The van der Waals surface area contributed by atoms with Gasteiger partial charge < -0.3 is 10.5 Å². The predicted molar refractivity (Wildman–Crippen MR) is 70.1 cm³/mol. The van der Waals surface area contributed by atoms with Crippen molar-refractivity contribution < 1.29 is 17.9 Å². The van der Waals surface area contributed by atoms with E-state index in [0.717, 1.165) is 17.7 Å². The van der Waals surface area contributed by atoms with Gasteiger partial charge in [0.25, 0.3) is 0 Å². The lowest BCUT2D eigenvalue weighted by Gasteiger charge is -2.16. The first kappa shape index (κ1) is 14.4. The van der Waals surface area contributed by atoms with Gasteiger partial charge in [0.2, 0.25) is 0 Å². The number of ether oxygens (including phenoxy) is 1. The van der Waals surface area contributed by atoms with E-state index in [0.29, 0.717) is 0 Å². The highest BCUT2D eigenvalue weighted by atomic mass is 19.1. The first-order valence-electron chi connectivity index (χ1n) is 5.98. The van der Waals surface area contributed by atoms with E-state index >= 15 is 0 Å². The monoisotopic (exact) mass is 281 g/mol. The molecule has 0 aliphatic rings. The molecule has 5 heteroatoms. The van der Waals surface area contributed by atoms with Crippen molar-refractivity contribution in [2.24, 2.45) is 5.73 Å². The second kappa shape index (κ2) is 5.54. The minimum Gasteiger partial charge on any atom is -0.497 e. The molecule has 2 rings (SSSR count). The van der Waals surface area contributed by atoms with Crippen LogP contribution in [0.2, 0.25) is 0 Å². The van der Waals surface area contributed by atoms with E-state index in [9.17, 15) is 13.2 Å². The second-order valence-electron chi connectivity index (χ2n) is 4.51. The van der Waals surface area contributed by atoms with Crippen molar-refractivity contribution in [3.8, 4) is 5.75 Å². The summed E-state index contributed by atoms with van der Waals surface area (Å²) in [5, 5.41) is 0. The SMILES string of the molecule is COc1cc(F)c(C(N)c2cc(C)ccc2F)c(F)c1. The third-order valence-electron chi connectivity index (χ3n) is 3.09. The third-order valence-corrected chi connectivity index (χ3v) is 3.09. The Morgan fingerprint density at radius 1 is 1.00 bits per heavy atom. The number of aryl methyl sites for hydroxylation is 1. The maximum Gasteiger partial charge on any atom is 0.134 e. The van der Waals surface area contributed by atoms with Crippen molar-refractivity contribution >= 4 is 0 Å². The van der Waals surface area contributed by atoms with Crippen LogP contribution in [-0.4, -0.2) is 7.11 Å². The normalized spacial score (nSPS) is 12.3. The number of nitrogens with two attached hydrogens (primary N) is 1. The van der Waals surface area contributed by atoms with E-state index in [1.54, 1.807) is 13.0 Å². The molecule has 106 valence electrons. The Kier molecular flexibility index (Phi) is 3.99. The minimum atomic E-state index is -1.22. The fourth-order valence-corrected chi connectivity index (χ4v) is 2.03. The number of hydrogen-bond donors (Lipinski definition) is 1. The molecule has 2 aromatic rings. The van der Waals surface area contributed by atoms with Crippen molar-refractivity contribution in [1.29, 1.82) is 0 Å². The van der Waals surface area contributed by atoms with Crippen LogP contribution in [0.5, 0.6) is 5.75 Å². The molecule has 1 atom stereocenters. The molecule has 0 spiro atoms. The zero-order chi connectivity index (χ0) is 14.9. The molecular weight excluding hydrogens is 267 g/mol. The lowest BCUT2D eigenvalue weighted by atomic mass is 9.96. The van der Waals surface area contributed by atoms with Crippen molar-refractivity contribution in [2.45, 2.75) is 13.0 Å². The van der Waals surface area contributed by atoms with Crippen molar-refractivity contribution in [3.05, 3.63) is 64.5 Å². The van der Waals surface area contributed by atoms with Crippen LogP contribution in [0.3, 0.4) is 0 Å². The van der Waals surface area contributed by atoms with Gasteiger partial charge in [-0.3, -0.25) is 0 Å². The highest BCUT2D eigenvalue weighted by molar-refractivity contribution is 5.39. The molecule has 0 bridgehead atoms. The first-order chi connectivity index (χ1) is 9.43. The highest BCUT2D eigenvalue weighted by Gasteiger charge is 2.22. The molecule has 20 heavy (non-hydrogen) atoms. The van der Waals surface area contributed by atoms with Gasteiger partial charge in [-0.2, -0.15) is 0 Å². The van der Waals surface area contributed by atoms with Crippen molar-refractivity contribution in [2.75, 3.05) is 7.11 Å². The lowest BCUT2D eigenvalue weighted by Crippen LogP contribution is -2.17. The van der Waals surface area contributed by atoms with Gasteiger partial charge in [-0.15, -0.1) is 0 Å². The highest BCUT2D eigenvalue weighted by Crippen LogP contribution is 2.30. The van der Waals surface area contributed by atoms with Crippen LogP contribution in [0.4, 0.5) is 13.2 Å². The average Bonchev–Trinajstić information content (AvgIpc) is 2.40. The van der Waals surface area contributed by atoms with E-state index in [4.69, 9.17) is 10.5 Å². The molecule has 0 radical (unpaired) electrons. The van der Waals surface area contributed by atoms with Gasteiger partial charge in [-0.1, -0.05) is 17.7 Å². The summed E-state index contributed by atoms with van der Waals surface area (Å²) in [7, 11) is 1.30. The van der Waals surface area contributed by atoms with E-state index in [-0.39, 0.29) is 16.9 Å². The van der Waals surface area contributed by atoms with Gasteiger partial charge in [0.15, 0.2) is 0 Å². The van der Waals surface area contributed by atoms with Gasteiger partial charge in [-0.25, -0.2) is 13.2 Å². The lowest BCUT2D eigenvalue weighted by molar-refractivity contribution is 0.404. The van der Waals surface area contributed by atoms with Crippen molar-refractivity contribution in [1.82, 2.24) is 0 Å². The fourth-order valence-electron chi connectivity index (χ4n) is 2.03. The molecule has 0 amide bonds. The predicted octanol–water partition coefficient (Wildman–Crippen LogP) is 3.47. The van der Waals surface area contributed by atoms with E-state index < -0.39 is 23.5 Å². The average molecular weight is 281 g/mol. The Hall–Kier alpha value is -2.01. The Balaban J connectivity index is 2.53. The van der Waals surface area contributed by atoms with Crippen molar-refractivity contribution in [3.63, 3.8) is 0 Å². The van der Waals surface area contributed by atoms with Crippen LogP contribution in [0.1, 0.15) is 22.7 Å². The van der Waals surface area contributed by atoms with E-state index in [2.05, 4.69) is 0 Å². The molecule has 2 nitrogen and oxygen atoms in total. The summed E-state index contributed by atoms with van der Waals surface area (Å²) in [4.78, 5) is 0. The topological polar surface area (TPSA) is 35.2 Å². The number of rotatable bonds is 3. The van der Waals surface area contributed by atoms with E-state index in [1.807, 2.05) is 0 Å². The Morgan fingerprint density at radius 2 is 1.60 bits per heavy atom. The molecule has 0 aliphatic carbocycles. The summed E-state index contributed by atoms with van der Waals surface area (Å²) < 4.78 is 46.4. The molecule has 2 N–H and O–H groups in total. The van der Waals surface area contributed by atoms with Gasteiger partial charge in [-0.05, 0) is 13.0 Å². The summed E-state index contributed by atoms with van der Waals surface area (Å²) in [5.41, 5.74) is 6.24. The van der Waals surface area contributed by atoms with Crippen LogP contribution >= 0.6 is 0 Å². The summed E-state index contributed by atoms with van der Waals surface area (Å²) in [6, 6.07) is 5.08. The standard InChI is InChI=1S/C15H14F3NO/c1-8-3-4-11(16)10(5-8)15(19)14-12(17)6-9(20-2)7-13(14)18/h3-7,15H,19H2,1-2H3. The molecular formula is C15H14F3NO. The van der Waals surface area contributed by atoms with Gasteiger partial charge >= 0.3 is 0 Å². The molecule has 1 unspecified atom stereocenters. The van der Waals surface area contributed by atoms with Gasteiger partial charge in [0, 0.05) is 23.3 Å². The molecule has 0 aliphatic heterocycles. The molecule has 0 aromatic heterocycles. The van der Waals surface area contributed by atoms with Crippen LogP contribution in [0.15, 0.2) is 30.3 Å². The number of benzene rings is 2. The maximum atomic E-state index is 13.9. The smallest absolute Gasteiger partial charge is 0.134 e. The van der Waals surface area contributed by atoms with Crippen LogP contribution in [0.25, 0.3) is 0 Å². The zero-order valence-corrected chi connectivity index (χ0v) is 11.1. The summed E-state index contributed by atoms with van der Waals surface area (Å²) in [6.07, 6.45) is 0. The molecule has 0 saturated carbocycles. The zero-order valence-electron chi connectivity index (χ0n) is 11.1. The Labute approximate surface area is 115 Å². The number of hydrogen-bond acceptors (Lipinski definition) is 2. The molecule has 0 saturated heterocycles. The third kappa shape index (κ3) is 2.63. The van der Waals surface area contributed by atoms with Crippen LogP contribution in [-0.2, 0) is 0 Å². The molecule has 2 aromatic carbocycles. The quantitative estimate of drug-likeness (QED) is 0.935. The summed E-state index contributed by atoms with van der Waals surface area (Å²) in [6.45, 7) is 1.75. The molecule has 0 heterocycles. The van der Waals surface area contributed by atoms with E-state index in [1.165, 1.54) is 19.2 Å². The number of halogens is 3. The minimum absolute atomic E-state index is 0.0423. The summed E-state index contributed by atoms with van der Waals surface area (Å²) in [5.74, 6) is -2.29. The first-order valence-corrected chi connectivity index (χ1v) is 5.98. The maximum absolute atomic E-state index is 13.9. The fraction of sp³-hybridized carbons (Fsp3) is 0.200. The van der Waals surface area contributed by atoms with Gasteiger partial charge in [0.1, 0.15) is 23.2 Å². The van der Waals surface area contributed by atoms with Crippen LogP contribution < -0.4 is 10.5 Å². The van der Waals surface area contributed by atoms with Gasteiger partial charge in [0.05, 0.1) is 13.2 Å².